The fourth-order valence-corrected chi connectivity index (χ4v) is 1.40. The maximum absolute atomic E-state index is 11.9. The van der Waals surface area contributed by atoms with Crippen LogP contribution in [0.4, 0.5) is 8.78 Å². The third-order valence-corrected chi connectivity index (χ3v) is 1.98. The Balaban J connectivity index is 2.38. The number of amides is 1. The topological polar surface area (TPSA) is 40.5 Å². The lowest BCUT2D eigenvalue weighted by atomic mass is 10.1. The largest absolute Gasteiger partial charge is 0.376 e. The second-order valence-corrected chi connectivity index (χ2v) is 2.95. The Morgan fingerprint density at radius 1 is 1.67 bits per heavy atom. The lowest BCUT2D eigenvalue weighted by molar-refractivity contribution is -0.130. The molecule has 1 atom stereocenters. The smallest absolute Gasteiger partial charge is 0.239 e. The van der Waals surface area contributed by atoms with Crippen LogP contribution in [0.25, 0.3) is 0 Å². The number of hydrogen-bond donors (Lipinski definition) is 1. The molecule has 0 aromatic heterocycles. The number of aliphatic hydroxyl groups is 1. The first-order valence-electron chi connectivity index (χ1n) is 3.80. The molecule has 1 aliphatic heterocycles. The van der Waals surface area contributed by atoms with Crippen molar-refractivity contribution in [2.24, 2.45) is 5.92 Å². The minimum atomic E-state index is -2.36. The first-order valence-corrected chi connectivity index (χ1v) is 3.80. The highest BCUT2D eigenvalue weighted by atomic mass is 19.3. The molecule has 1 unspecified atom stereocenters. The van der Waals surface area contributed by atoms with E-state index < -0.39 is 6.43 Å². The predicted octanol–water partition coefficient (Wildman–Crippen LogP) is 0.440. The number of hydrogen-bond acceptors (Lipinski definition) is 2. The summed E-state index contributed by atoms with van der Waals surface area (Å²) >= 11 is 0. The van der Waals surface area contributed by atoms with Crippen molar-refractivity contribution in [3.05, 3.63) is 0 Å². The van der Waals surface area contributed by atoms with Crippen molar-refractivity contribution in [2.75, 3.05) is 13.3 Å². The summed E-state index contributed by atoms with van der Waals surface area (Å²) in [6.45, 7) is -0.0990. The third-order valence-electron chi connectivity index (χ3n) is 1.98. The molecule has 0 aromatic rings. The van der Waals surface area contributed by atoms with Gasteiger partial charge in [-0.25, -0.2) is 8.78 Å². The molecule has 0 radical (unpaired) electrons. The van der Waals surface area contributed by atoms with Gasteiger partial charge in [0.15, 0.2) is 0 Å². The second-order valence-electron chi connectivity index (χ2n) is 2.95. The molecule has 1 aliphatic rings. The summed E-state index contributed by atoms with van der Waals surface area (Å²) in [5, 5.41) is 8.61. The Hall–Kier alpha value is -0.710. The van der Waals surface area contributed by atoms with Crippen molar-refractivity contribution < 1.29 is 18.7 Å². The second kappa shape index (κ2) is 3.80. The van der Waals surface area contributed by atoms with Crippen LogP contribution >= 0.6 is 0 Å². The molecule has 5 heteroatoms. The molecule has 1 heterocycles. The number of rotatable bonds is 3. The molecule has 1 rings (SSSR count). The standard InChI is InChI=1S/C7H11F2NO2/c8-6(9)1-5-2-7(12)10(3-5)4-11/h5-6,11H,1-4H2. The van der Waals surface area contributed by atoms with Crippen LogP contribution in [0.5, 0.6) is 0 Å². The molecule has 0 aromatic carbocycles. The molecule has 0 saturated carbocycles. The SMILES string of the molecule is O=C1CC(CC(F)F)CN1CO. The van der Waals surface area contributed by atoms with Crippen molar-refractivity contribution in [1.29, 1.82) is 0 Å². The van der Waals surface area contributed by atoms with Crippen LogP contribution in [0, 0.1) is 5.92 Å². The molecular formula is C7H11F2NO2. The molecule has 3 nitrogen and oxygen atoms in total. The van der Waals surface area contributed by atoms with E-state index in [-0.39, 0.29) is 37.9 Å². The summed E-state index contributed by atoms with van der Waals surface area (Å²) in [6.07, 6.45) is -2.46. The number of carbonyl (C=O) groups is 1. The fourth-order valence-electron chi connectivity index (χ4n) is 1.40. The van der Waals surface area contributed by atoms with E-state index in [1.807, 2.05) is 0 Å². The van der Waals surface area contributed by atoms with E-state index in [0.29, 0.717) is 0 Å². The summed E-state index contributed by atoms with van der Waals surface area (Å²) in [4.78, 5) is 12.1. The molecular weight excluding hydrogens is 168 g/mol. The van der Waals surface area contributed by atoms with Crippen LogP contribution in [0.15, 0.2) is 0 Å². The molecule has 1 saturated heterocycles. The zero-order valence-corrected chi connectivity index (χ0v) is 6.54. The lowest BCUT2D eigenvalue weighted by Crippen LogP contribution is -2.26. The lowest BCUT2D eigenvalue weighted by Gasteiger charge is -2.11. The van der Waals surface area contributed by atoms with Gasteiger partial charge in [-0.2, -0.15) is 0 Å². The molecule has 0 spiro atoms. The zero-order chi connectivity index (χ0) is 9.14. The maximum atomic E-state index is 11.9. The molecule has 0 aliphatic carbocycles. The van der Waals surface area contributed by atoms with Gasteiger partial charge >= 0.3 is 0 Å². The maximum Gasteiger partial charge on any atom is 0.239 e. The molecule has 1 amide bonds. The van der Waals surface area contributed by atoms with Crippen LogP contribution in [0.1, 0.15) is 12.8 Å². The summed E-state index contributed by atoms with van der Waals surface area (Å²) in [7, 11) is 0. The normalized spacial score (nSPS) is 24.2. The minimum absolute atomic E-state index is 0.144. The minimum Gasteiger partial charge on any atom is -0.376 e. The van der Waals surface area contributed by atoms with Gasteiger partial charge in [-0.3, -0.25) is 4.79 Å². The number of aliphatic hydroxyl groups excluding tert-OH is 1. The van der Waals surface area contributed by atoms with Crippen LogP contribution in [-0.2, 0) is 4.79 Å². The van der Waals surface area contributed by atoms with Gasteiger partial charge < -0.3 is 10.0 Å². The van der Waals surface area contributed by atoms with Crippen molar-refractivity contribution in [3.63, 3.8) is 0 Å². The Morgan fingerprint density at radius 2 is 2.33 bits per heavy atom. The van der Waals surface area contributed by atoms with E-state index >= 15 is 0 Å². The monoisotopic (exact) mass is 179 g/mol. The van der Waals surface area contributed by atoms with Gasteiger partial charge in [0.2, 0.25) is 12.3 Å². The van der Waals surface area contributed by atoms with Gasteiger partial charge in [0, 0.05) is 19.4 Å². The molecule has 1 N–H and O–H groups in total. The molecule has 0 bridgehead atoms. The van der Waals surface area contributed by atoms with E-state index in [1.54, 1.807) is 0 Å². The average molecular weight is 179 g/mol. The van der Waals surface area contributed by atoms with E-state index in [9.17, 15) is 13.6 Å². The Bertz CT molecular complexity index is 175. The third kappa shape index (κ3) is 2.14. The van der Waals surface area contributed by atoms with Crippen molar-refractivity contribution >= 4 is 5.91 Å². The highest BCUT2D eigenvalue weighted by Gasteiger charge is 2.30. The highest BCUT2D eigenvalue weighted by Crippen LogP contribution is 2.22. The van der Waals surface area contributed by atoms with E-state index in [0.717, 1.165) is 0 Å². The van der Waals surface area contributed by atoms with Crippen molar-refractivity contribution in [1.82, 2.24) is 4.90 Å². The molecule has 70 valence electrons. The number of halogens is 2. The molecule has 1 fully saturated rings. The van der Waals surface area contributed by atoms with Gasteiger partial charge in [-0.05, 0) is 5.92 Å². The van der Waals surface area contributed by atoms with Gasteiger partial charge in [0.05, 0.1) is 0 Å². The number of alkyl halides is 2. The number of likely N-dealkylation sites (tertiary alicyclic amines) is 1. The number of carbonyl (C=O) groups excluding carboxylic acids is 1. The fraction of sp³-hybridized carbons (Fsp3) is 0.857. The summed E-state index contributed by atoms with van der Waals surface area (Å²) in [5.74, 6) is -0.521. The van der Waals surface area contributed by atoms with Gasteiger partial charge in [0.1, 0.15) is 6.73 Å². The van der Waals surface area contributed by atoms with Gasteiger partial charge in [0.25, 0.3) is 0 Å². The quantitative estimate of drug-likeness (QED) is 0.682. The summed E-state index contributed by atoms with van der Waals surface area (Å²) in [5.41, 5.74) is 0. The van der Waals surface area contributed by atoms with Crippen LogP contribution in [0.2, 0.25) is 0 Å². The first-order chi connectivity index (χ1) is 5.63. The predicted molar refractivity (Wildman–Crippen MR) is 37.5 cm³/mol. The summed E-state index contributed by atoms with van der Waals surface area (Å²) < 4.78 is 23.7. The van der Waals surface area contributed by atoms with Crippen LogP contribution < -0.4 is 0 Å². The van der Waals surface area contributed by atoms with E-state index in [4.69, 9.17) is 5.11 Å². The Kier molecular flexibility index (Phi) is 2.97. The average Bonchev–Trinajstić information content (AvgIpc) is 2.29. The Morgan fingerprint density at radius 3 is 2.75 bits per heavy atom. The van der Waals surface area contributed by atoms with Crippen molar-refractivity contribution in [3.8, 4) is 0 Å². The van der Waals surface area contributed by atoms with Crippen molar-refractivity contribution in [2.45, 2.75) is 19.3 Å². The van der Waals surface area contributed by atoms with Gasteiger partial charge in [-0.15, -0.1) is 0 Å². The first kappa shape index (κ1) is 9.38. The molecule has 12 heavy (non-hydrogen) atoms. The summed E-state index contributed by atoms with van der Waals surface area (Å²) in [6, 6.07) is 0. The van der Waals surface area contributed by atoms with Crippen LogP contribution in [0.3, 0.4) is 0 Å². The van der Waals surface area contributed by atoms with E-state index in [1.165, 1.54) is 4.90 Å². The zero-order valence-electron chi connectivity index (χ0n) is 6.54. The highest BCUT2D eigenvalue weighted by molar-refractivity contribution is 5.78. The van der Waals surface area contributed by atoms with Crippen LogP contribution in [-0.4, -0.2) is 35.6 Å². The number of nitrogens with zero attached hydrogens (tertiary/aromatic N) is 1. The van der Waals surface area contributed by atoms with E-state index in [2.05, 4.69) is 0 Å². The Labute approximate surface area is 69.0 Å². The van der Waals surface area contributed by atoms with Gasteiger partial charge in [-0.1, -0.05) is 0 Å².